The van der Waals surface area contributed by atoms with Gasteiger partial charge in [0.15, 0.2) is 15.5 Å². The molecule has 0 saturated heterocycles. The Morgan fingerprint density at radius 2 is 1.75 bits per heavy atom. The molecule has 0 atom stereocenters. The minimum Gasteiger partial charge on any atom is -0.346 e. The van der Waals surface area contributed by atoms with Gasteiger partial charge in [-0.3, -0.25) is 14.2 Å². The lowest BCUT2D eigenvalue weighted by Crippen LogP contribution is -2.34. The van der Waals surface area contributed by atoms with Gasteiger partial charge in [0.1, 0.15) is 0 Å². The van der Waals surface area contributed by atoms with E-state index in [0.717, 1.165) is 6.26 Å². The number of halogens is 1. The molecule has 0 aliphatic rings. The van der Waals surface area contributed by atoms with Gasteiger partial charge in [0.05, 0.1) is 21.6 Å². The van der Waals surface area contributed by atoms with Crippen molar-refractivity contribution in [2.24, 2.45) is 0 Å². The predicted octanol–water partition coefficient (Wildman–Crippen LogP) is 3.37. The maximum atomic E-state index is 13.2. The van der Waals surface area contributed by atoms with E-state index in [1.807, 2.05) is 0 Å². The van der Waals surface area contributed by atoms with Crippen molar-refractivity contribution in [3.63, 3.8) is 0 Å². The number of benzene rings is 3. The lowest BCUT2D eigenvalue weighted by Gasteiger charge is -2.13. The monoisotopic (exact) mass is 467 g/mol. The lowest BCUT2D eigenvalue weighted by atomic mass is 10.2. The van der Waals surface area contributed by atoms with E-state index in [0.29, 0.717) is 27.3 Å². The average molecular weight is 468 g/mol. The number of hydrogen-bond acceptors (Lipinski definition) is 5. The molecule has 4 rings (SSSR count). The van der Waals surface area contributed by atoms with Crippen LogP contribution in [0.1, 0.15) is 16.1 Å². The molecule has 0 bridgehead atoms. The molecule has 1 heterocycles. The summed E-state index contributed by atoms with van der Waals surface area (Å²) < 4.78 is 24.6. The molecule has 1 amide bonds. The van der Waals surface area contributed by atoms with E-state index in [9.17, 15) is 18.0 Å². The fourth-order valence-corrected chi connectivity index (χ4v) is 4.09. The van der Waals surface area contributed by atoms with Gasteiger partial charge in [-0.15, -0.1) is 0 Å². The van der Waals surface area contributed by atoms with Gasteiger partial charge in [0, 0.05) is 17.8 Å². The van der Waals surface area contributed by atoms with Crippen LogP contribution in [0.4, 0.5) is 0 Å². The zero-order valence-corrected chi connectivity index (χ0v) is 18.5. The second-order valence-electron chi connectivity index (χ2n) is 7.17. The molecule has 0 aliphatic heterocycles. The second kappa shape index (κ2) is 8.57. The van der Waals surface area contributed by atoms with Crippen LogP contribution >= 0.6 is 11.6 Å². The van der Waals surface area contributed by atoms with Gasteiger partial charge in [-0.05, 0) is 48.0 Å². The summed E-state index contributed by atoms with van der Waals surface area (Å²) >= 11 is 6.11. The van der Waals surface area contributed by atoms with Crippen LogP contribution in [0.2, 0.25) is 5.02 Å². The molecule has 0 radical (unpaired) electrons. The smallest absolute Gasteiger partial charge is 0.287 e. The molecule has 0 aliphatic carbocycles. The maximum absolute atomic E-state index is 13.2. The number of carbonyl (C=O) groups excluding carboxylic acids is 1. The van der Waals surface area contributed by atoms with Crippen molar-refractivity contribution >= 4 is 38.4 Å². The van der Waals surface area contributed by atoms with E-state index >= 15 is 0 Å². The Balaban J connectivity index is 1.69. The van der Waals surface area contributed by atoms with Gasteiger partial charge in [0.25, 0.3) is 11.5 Å². The number of fused-ring (bicyclic) bond motifs is 1. The first-order valence-electron chi connectivity index (χ1n) is 9.59. The van der Waals surface area contributed by atoms with Crippen molar-refractivity contribution in [1.29, 1.82) is 0 Å². The van der Waals surface area contributed by atoms with Crippen molar-refractivity contribution < 1.29 is 13.2 Å². The molecular formula is C23H18ClN3O4S. The SMILES string of the molecule is CS(=O)(=O)c1ccc(CNC(=O)c2nc3ccccc3n(-c3cccc(Cl)c3)c2=O)cc1. The summed E-state index contributed by atoms with van der Waals surface area (Å²) in [7, 11) is -3.31. The van der Waals surface area contributed by atoms with Gasteiger partial charge < -0.3 is 5.32 Å². The molecule has 0 fully saturated rings. The normalized spacial score (nSPS) is 11.4. The Kier molecular flexibility index (Phi) is 5.82. The molecule has 162 valence electrons. The molecule has 0 spiro atoms. The summed E-state index contributed by atoms with van der Waals surface area (Å²) in [5.41, 5.74) is 1.41. The molecule has 32 heavy (non-hydrogen) atoms. The number of hydrogen-bond donors (Lipinski definition) is 1. The van der Waals surface area contributed by atoms with E-state index in [1.54, 1.807) is 60.7 Å². The first kappa shape index (κ1) is 21.7. The van der Waals surface area contributed by atoms with E-state index in [-0.39, 0.29) is 17.1 Å². The number of carbonyl (C=O) groups is 1. The van der Waals surface area contributed by atoms with Gasteiger partial charge in [-0.1, -0.05) is 41.9 Å². The Labute approximate surface area is 189 Å². The van der Waals surface area contributed by atoms with Gasteiger partial charge >= 0.3 is 0 Å². The summed E-state index contributed by atoms with van der Waals surface area (Å²) in [6.45, 7) is 0.105. The topological polar surface area (TPSA) is 98.1 Å². The van der Waals surface area contributed by atoms with Crippen LogP contribution in [-0.4, -0.2) is 30.1 Å². The zero-order valence-electron chi connectivity index (χ0n) is 16.9. The lowest BCUT2D eigenvalue weighted by molar-refractivity contribution is 0.0944. The first-order chi connectivity index (χ1) is 15.2. The fraction of sp³-hybridized carbons (Fsp3) is 0.0870. The minimum absolute atomic E-state index is 0.105. The minimum atomic E-state index is -3.31. The highest BCUT2D eigenvalue weighted by atomic mass is 35.5. The molecule has 4 aromatic rings. The molecule has 9 heteroatoms. The molecule has 0 saturated carbocycles. The van der Waals surface area contributed by atoms with Crippen LogP contribution in [0.3, 0.4) is 0 Å². The Morgan fingerprint density at radius 1 is 1.03 bits per heavy atom. The average Bonchev–Trinajstić information content (AvgIpc) is 2.76. The summed E-state index contributed by atoms with van der Waals surface area (Å²) in [6, 6.07) is 20.0. The van der Waals surface area contributed by atoms with Crippen LogP contribution in [0.5, 0.6) is 0 Å². The van der Waals surface area contributed by atoms with E-state index < -0.39 is 21.3 Å². The van der Waals surface area contributed by atoms with Crippen molar-refractivity contribution in [2.45, 2.75) is 11.4 Å². The summed E-state index contributed by atoms with van der Waals surface area (Å²) in [4.78, 5) is 30.6. The zero-order chi connectivity index (χ0) is 22.9. The third kappa shape index (κ3) is 4.42. The van der Waals surface area contributed by atoms with E-state index in [4.69, 9.17) is 11.6 Å². The highest BCUT2D eigenvalue weighted by Crippen LogP contribution is 2.19. The Hall–Kier alpha value is -3.49. The van der Waals surface area contributed by atoms with E-state index in [1.165, 1.54) is 16.7 Å². The van der Waals surface area contributed by atoms with Crippen molar-refractivity contribution in [2.75, 3.05) is 6.26 Å². The third-order valence-corrected chi connectivity index (χ3v) is 6.21. The highest BCUT2D eigenvalue weighted by molar-refractivity contribution is 7.90. The Bertz CT molecular complexity index is 1500. The highest BCUT2D eigenvalue weighted by Gasteiger charge is 2.18. The number of rotatable bonds is 5. The van der Waals surface area contributed by atoms with Crippen molar-refractivity contribution in [1.82, 2.24) is 14.9 Å². The predicted molar refractivity (Wildman–Crippen MR) is 123 cm³/mol. The fourth-order valence-electron chi connectivity index (χ4n) is 3.27. The van der Waals surface area contributed by atoms with Crippen LogP contribution in [0, 0.1) is 0 Å². The summed E-state index contributed by atoms with van der Waals surface area (Å²) in [6.07, 6.45) is 1.13. The molecule has 1 aromatic heterocycles. The standard InChI is InChI=1S/C23H18ClN3O4S/c1-32(30,31)18-11-9-15(10-12-18)14-25-22(28)21-23(29)27(17-6-4-5-16(24)13-17)20-8-3-2-7-19(20)26-21/h2-13H,14H2,1H3,(H,25,28). The van der Waals surface area contributed by atoms with Crippen molar-refractivity contribution in [3.05, 3.63) is 99.4 Å². The molecule has 7 nitrogen and oxygen atoms in total. The van der Waals surface area contributed by atoms with Gasteiger partial charge in [-0.25, -0.2) is 13.4 Å². The van der Waals surface area contributed by atoms with Crippen molar-refractivity contribution in [3.8, 4) is 5.69 Å². The number of nitrogens with one attached hydrogen (secondary N) is 1. The number of amides is 1. The number of aromatic nitrogens is 2. The summed E-state index contributed by atoms with van der Waals surface area (Å²) in [5.74, 6) is -0.635. The maximum Gasteiger partial charge on any atom is 0.287 e. The number of nitrogens with zero attached hydrogens (tertiary/aromatic N) is 2. The summed E-state index contributed by atoms with van der Waals surface area (Å²) in [5, 5.41) is 3.14. The number of sulfone groups is 1. The van der Waals surface area contributed by atoms with Crippen LogP contribution < -0.4 is 10.9 Å². The van der Waals surface area contributed by atoms with Crippen LogP contribution in [-0.2, 0) is 16.4 Å². The first-order valence-corrected chi connectivity index (χ1v) is 11.9. The number of para-hydroxylation sites is 2. The third-order valence-electron chi connectivity index (χ3n) is 4.85. The Morgan fingerprint density at radius 3 is 2.44 bits per heavy atom. The largest absolute Gasteiger partial charge is 0.346 e. The molecule has 1 N–H and O–H groups in total. The van der Waals surface area contributed by atoms with E-state index in [2.05, 4.69) is 10.3 Å². The molecular weight excluding hydrogens is 450 g/mol. The van der Waals surface area contributed by atoms with Crippen LogP contribution in [0.25, 0.3) is 16.7 Å². The molecule has 0 unspecified atom stereocenters. The second-order valence-corrected chi connectivity index (χ2v) is 9.62. The van der Waals surface area contributed by atoms with Crippen LogP contribution in [0.15, 0.2) is 82.5 Å². The van der Waals surface area contributed by atoms with Gasteiger partial charge in [-0.2, -0.15) is 0 Å². The quantitative estimate of drug-likeness (QED) is 0.485. The molecule has 3 aromatic carbocycles. The van der Waals surface area contributed by atoms with Gasteiger partial charge in [0.2, 0.25) is 0 Å².